The molecule has 24 heavy (non-hydrogen) atoms. The number of aryl methyl sites for hydroxylation is 1. The van der Waals surface area contributed by atoms with Crippen molar-refractivity contribution in [2.75, 3.05) is 23.4 Å². The van der Waals surface area contributed by atoms with Crippen LogP contribution in [-0.4, -0.2) is 40.7 Å². The van der Waals surface area contributed by atoms with Gasteiger partial charge in [0.25, 0.3) is 0 Å². The molecule has 0 unspecified atom stereocenters. The van der Waals surface area contributed by atoms with Gasteiger partial charge in [0.05, 0.1) is 11.5 Å². The minimum Gasteiger partial charge on any atom is -0.360 e. The standard InChI is InChI=1S/C15H19N5O3S/c1-3-4-5-15(19-20-15)6-7-16-13(21)9-24-10-14(22)17-12-8-11(2)23-18-12/h1,8H,4-7,9-10H2,2H3,(H,16,21)(H,17,18,22). The van der Waals surface area contributed by atoms with Gasteiger partial charge in [-0.2, -0.15) is 10.2 Å². The summed E-state index contributed by atoms with van der Waals surface area (Å²) < 4.78 is 4.85. The van der Waals surface area contributed by atoms with Crippen molar-refractivity contribution in [3.63, 3.8) is 0 Å². The lowest BCUT2D eigenvalue weighted by molar-refractivity contribution is -0.118. The molecule has 2 rings (SSSR count). The molecule has 0 radical (unpaired) electrons. The second-order valence-corrected chi connectivity index (χ2v) is 6.34. The first kappa shape index (κ1) is 18.0. The third-order valence-electron chi connectivity index (χ3n) is 3.26. The van der Waals surface area contributed by atoms with Crippen molar-refractivity contribution < 1.29 is 14.1 Å². The Labute approximate surface area is 144 Å². The number of terminal acetylenes is 1. The van der Waals surface area contributed by atoms with Crippen molar-refractivity contribution in [3.05, 3.63) is 11.8 Å². The number of nitrogens with zero attached hydrogens (tertiary/aromatic N) is 3. The van der Waals surface area contributed by atoms with Crippen molar-refractivity contribution in [3.8, 4) is 12.3 Å². The van der Waals surface area contributed by atoms with Gasteiger partial charge in [-0.25, -0.2) is 0 Å². The zero-order valence-electron chi connectivity index (χ0n) is 13.4. The fourth-order valence-electron chi connectivity index (χ4n) is 1.96. The Hall–Kier alpha value is -2.34. The Morgan fingerprint density at radius 3 is 2.71 bits per heavy atom. The van der Waals surface area contributed by atoms with E-state index < -0.39 is 0 Å². The van der Waals surface area contributed by atoms with E-state index in [0.29, 0.717) is 31.0 Å². The summed E-state index contributed by atoms with van der Waals surface area (Å²) in [6.07, 6.45) is 7.21. The number of hydrogen-bond donors (Lipinski definition) is 2. The monoisotopic (exact) mass is 349 g/mol. The first-order valence-electron chi connectivity index (χ1n) is 7.48. The zero-order chi connectivity index (χ0) is 17.4. The fourth-order valence-corrected chi connectivity index (χ4v) is 2.61. The molecule has 0 spiro atoms. The van der Waals surface area contributed by atoms with Gasteiger partial charge in [0.1, 0.15) is 5.76 Å². The van der Waals surface area contributed by atoms with Crippen molar-refractivity contribution in [2.24, 2.45) is 10.2 Å². The number of anilines is 1. The van der Waals surface area contributed by atoms with Crippen LogP contribution in [0.2, 0.25) is 0 Å². The SMILES string of the molecule is C#CCCC1(CCNC(=O)CSCC(=O)Nc2cc(C)on2)N=N1. The summed E-state index contributed by atoms with van der Waals surface area (Å²) in [6.45, 7) is 2.22. The lowest BCUT2D eigenvalue weighted by Gasteiger charge is -2.09. The number of carbonyl (C=O) groups is 2. The van der Waals surface area contributed by atoms with Crippen LogP contribution in [0.25, 0.3) is 0 Å². The highest BCUT2D eigenvalue weighted by molar-refractivity contribution is 8.00. The van der Waals surface area contributed by atoms with E-state index in [1.807, 2.05) is 0 Å². The predicted octanol–water partition coefficient (Wildman–Crippen LogP) is 1.74. The van der Waals surface area contributed by atoms with Gasteiger partial charge >= 0.3 is 0 Å². The minimum atomic E-state index is -0.387. The molecule has 8 nitrogen and oxygen atoms in total. The third-order valence-corrected chi connectivity index (χ3v) is 4.19. The molecular weight excluding hydrogens is 330 g/mol. The summed E-state index contributed by atoms with van der Waals surface area (Å²) in [5.41, 5.74) is -0.387. The average Bonchev–Trinajstić information content (AvgIpc) is 3.19. The molecule has 1 aliphatic rings. The Bertz CT molecular complexity index is 658. The molecule has 9 heteroatoms. The Morgan fingerprint density at radius 1 is 1.33 bits per heavy atom. The Kier molecular flexibility index (Phi) is 6.37. The molecular formula is C15H19N5O3S. The Morgan fingerprint density at radius 2 is 2.08 bits per heavy atom. The van der Waals surface area contributed by atoms with Gasteiger partial charge in [0.2, 0.25) is 11.8 Å². The second-order valence-electron chi connectivity index (χ2n) is 5.35. The second kappa shape index (κ2) is 8.49. The van der Waals surface area contributed by atoms with E-state index in [4.69, 9.17) is 10.9 Å². The molecule has 0 fully saturated rings. The molecule has 1 aromatic rings. The molecule has 128 valence electrons. The summed E-state index contributed by atoms with van der Waals surface area (Å²) >= 11 is 1.23. The minimum absolute atomic E-state index is 0.127. The van der Waals surface area contributed by atoms with Gasteiger partial charge in [-0.15, -0.1) is 24.1 Å². The lowest BCUT2D eigenvalue weighted by atomic mass is 10.0. The van der Waals surface area contributed by atoms with Crippen LogP contribution in [0.4, 0.5) is 5.82 Å². The highest BCUT2D eigenvalue weighted by Crippen LogP contribution is 2.35. The van der Waals surface area contributed by atoms with E-state index in [1.165, 1.54) is 11.8 Å². The van der Waals surface area contributed by atoms with Crippen molar-refractivity contribution >= 4 is 29.4 Å². The molecule has 2 N–H and O–H groups in total. The van der Waals surface area contributed by atoms with E-state index in [9.17, 15) is 9.59 Å². The molecule has 0 aromatic carbocycles. The maximum Gasteiger partial charge on any atom is 0.235 e. The zero-order valence-corrected chi connectivity index (χ0v) is 14.2. The maximum absolute atomic E-state index is 11.7. The third kappa shape index (κ3) is 6.04. The number of rotatable bonds is 10. The first-order chi connectivity index (χ1) is 11.5. The molecule has 0 atom stereocenters. The van der Waals surface area contributed by atoms with Crippen molar-refractivity contribution in [1.82, 2.24) is 10.5 Å². The summed E-state index contributed by atoms with van der Waals surface area (Å²) in [5.74, 6) is 3.56. The van der Waals surface area contributed by atoms with Gasteiger partial charge in [0.15, 0.2) is 11.5 Å². The van der Waals surface area contributed by atoms with Gasteiger partial charge < -0.3 is 15.2 Å². The topological polar surface area (TPSA) is 109 Å². The average molecular weight is 349 g/mol. The van der Waals surface area contributed by atoms with Crippen molar-refractivity contribution in [1.29, 1.82) is 0 Å². The van der Waals surface area contributed by atoms with Crippen LogP contribution in [0.1, 0.15) is 25.0 Å². The highest BCUT2D eigenvalue weighted by Gasteiger charge is 2.38. The molecule has 0 saturated heterocycles. The normalized spacial score (nSPS) is 14.0. The van der Waals surface area contributed by atoms with Crippen molar-refractivity contribution in [2.45, 2.75) is 31.8 Å². The van der Waals surface area contributed by atoms with E-state index >= 15 is 0 Å². The molecule has 1 aromatic heterocycles. The molecule has 2 amide bonds. The number of thioether (sulfide) groups is 1. The number of amides is 2. The molecule has 0 bridgehead atoms. The van der Waals surface area contributed by atoms with Crippen LogP contribution in [0.3, 0.4) is 0 Å². The van der Waals surface area contributed by atoms with E-state index in [0.717, 1.165) is 6.42 Å². The van der Waals surface area contributed by atoms with E-state index in [-0.39, 0.29) is 29.0 Å². The summed E-state index contributed by atoms with van der Waals surface area (Å²) in [4.78, 5) is 23.4. The van der Waals surface area contributed by atoms with Gasteiger partial charge in [-0.3, -0.25) is 9.59 Å². The molecule has 2 heterocycles. The number of aromatic nitrogens is 1. The molecule has 1 aliphatic heterocycles. The van der Waals surface area contributed by atoms with E-state index in [1.54, 1.807) is 13.0 Å². The van der Waals surface area contributed by atoms with Crippen LogP contribution in [0, 0.1) is 19.3 Å². The largest absolute Gasteiger partial charge is 0.360 e. The number of hydrogen-bond acceptors (Lipinski definition) is 7. The van der Waals surface area contributed by atoms with Crippen LogP contribution in [0.5, 0.6) is 0 Å². The molecule has 0 aliphatic carbocycles. The Balaban J connectivity index is 1.53. The molecule has 0 saturated carbocycles. The van der Waals surface area contributed by atoms with Crippen LogP contribution < -0.4 is 10.6 Å². The maximum atomic E-state index is 11.7. The van der Waals surface area contributed by atoms with Crippen LogP contribution >= 0.6 is 11.8 Å². The van der Waals surface area contributed by atoms with Gasteiger partial charge in [0, 0.05) is 31.9 Å². The summed E-state index contributed by atoms with van der Waals surface area (Å²) in [5, 5.41) is 17.0. The summed E-state index contributed by atoms with van der Waals surface area (Å²) in [6, 6.07) is 1.62. The number of carbonyl (C=O) groups excluding carboxylic acids is 2. The van der Waals surface area contributed by atoms with Gasteiger partial charge in [-0.05, 0) is 6.92 Å². The first-order valence-corrected chi connectivity index (χ1v) is 8.64. The lowest BCUT2D eigenvalue weighted by Crippen LogP contribution is -2.30. The fraction of sp³-hybridized carbons (Fsp3) is 0.533. The quantitative estimate of drug-likeness (QED) is 0.625. The highest BCUT2D eigenvalue weighted by atomic mass is 32.2. The number of nitrogens with one attached hydrogen (secondary N) is 2. The summed E-state index contributed by atoms with van der Waals surface area (Å²) in [7, 11) is 0. The van der Waals surface area contributed by atoms with Gasteiger partial charge in [-0.1, -0.05) is 5.16 Å². The van der Waals surface area contributed by atoms with E-state index in [2.05, 4.69) is 31.9 Å². The smallest absolute Gasteiger partial charge is 0.235 e. The predicted molar refractivity (Wildman–Crippen MR) is 90.5 cm³/mol. The van der Waals surface area contributed by atoms with Crippen LogP contribution in [0.15, 0.2) is 20.8 Å². The van der Waals surface area contributed by atoms with Crippen LogP contribution in [-0.2, 0) is 9.59 Å².